The molecule has 0 saturated carbocycles. The fourth-order valence-corrected chi connectivity index (χ4v) is 5.15. The van der Waals surface area contributed by atoms with E-state index >= 15 is 0 Å². The Labute approximate surface area is 182 Å². The van der Waals surface area contributed by atoms with Gasteiger partial charge in [-0.2, -0.15) is 13.2 Å². The smallest absolute Gasteiger partial charge is 0.416 e. The van der Waals surface area contributed by atoms with E-state index in [1.807, 2.05) is 0 Å². The lowest BCUT2D eigenvalue weighted by atomic mass is 9.73. The molecule has 2 heterocycles. The van der Waals surface area contributed by atoms with E-state index in [1.54, 1.807) is 6.07 Å². The number of ketones is 1. The number of rotatable bonds is 3. The number of alkyl halides is 3. The summed E-state index contributed by atoms with van der Waals surface area (Å²) in [6.07, 6.45) is -2.68. The van der Waals surface area contributed by atoms with Crippen molar-refractivity contribution in [2.75, 3.05) is 19.7 Å². The molecule has 4 nitrogen and oxygen atoms in total. The first-order valence-electron chi connectivity index (χ1n) is 10.6. The summed E-state index contributed by atoms with van der Waals surface area (Å²) in [6, 6.07) is 8.09. The van der Waals surface area contributed by atoms with E-state index in [1.165, 1.54) is 23.1 Å². The van der Waals surface area contributed by atoms with Crippen LogP contribution in [0.1, 0.15) is 47.4 Å². The quantitative estimate of drug-likeness (QED) is 0.518. The summed E-state index contributed by atoms with van der Waals surface area (Å²) in [6.45, 7) is 0.943. The molecule has 2 aromatic rings. The van der Waals surface area contributed by atoms with Gasteiger partial charge in [-0.05, 0) is 60.6 Å². The normalized spacial score (nSPS) is 20.9. The molecule has 8 heteroatoms. The number of amides is 1. The number of piperidine rings is 1. The number of fused-ring (bicyclic) bond motifs is 3. The van der Waals surface area contributed by atoms with Gasteiger partial charge in [-0.15, -0.1) is 0 Å². The third-order valence-electron chi connectivity index (χ3n) is 7.08. The summed E-state index contributed by atoms with van der Waals surface area (Å²) in [5, 5.41) is 0. The van der Waals surface area contributed by atoms with Crippen LogP contribution in [0.5, 0.6) is 5.75 Å². The van der Waals surface area contributed by atoms with Gasteiger partial charge in [0.05, 0.1) is 12.2 Å². The van der Waals surface area contributed by atoms with E-state index in [4.69, 9.17) is 4.74 Å². The molecule has 0 radical (unpaired) electrons. The average molecular weight is 447 g/mol. The maximum atomic E-state index is 13.4. The van der Waals surface area contributed by atoms with Crippen molar-refractivity contribution < 1.29 is 31.9 Å². The number of Topliss-reactive ketones (excluding diaryl/α,β-unsaturated/α-hetero) is 1. The third kappa shape index (κ3) is 3.45. The van der Waals surface area contributed by atoms with Crippen LogP contribution >= 0.6 is 0 Å². The first-order valence-corrected chi connectivity index (χ1v) is 10.6. The highest BCUT2D eigenvalue weighted by atomic mass is 19.4. The molecule has 32 heavy (non-hydrogen) atoms. The number of likely N-dealkylation sites (tertiary alicyclic amines) is 1. The van der Waals surface area contributed by atoms with Gasteiger partial charge in [0.2, 0.25) is 5.78 Å². The van der Waals surface area contributed by atoms with Crippen LogP contribution in [-0.4, -0.2) is 36.3 Å². The van der Waals surface area contributed by atoms with E-state index in [0.717, 1.165) is 28.8 Å². The molecule has 1 amide bonds. The second-order valence-corrected chi connectivity index (χ2v) is 8.94. The van der Waals surface area contributed by atoms with Crippen LogP contribution in [0.3, 0.4) is 0 Å². The Morgan fingerprint density at radius 1 is 1.09 bits per heavy atom. The van der Waals surface area contributed by atoms with Gasteiger partial charge < -0.3 is 9.64 Å². The number of nitrogens with zero attached hydrogens (tertiary/aromatic N) is 1. The van der Waals surface area contributed by atoms with Crippen molar-refractivity contribution in [2.24, 2.45) is 0 Å². The second-order valence-electron chi connectivity index (χ2n) is 8.94. The molecule has 3 aliphatic rings. The summed E-state index contributed by atoms with van der Waals surface area (Å²) in [4.78, 5) is 26.8. The Morgan fingerprint density at radius 3 is 2.56 bits per heavy atom. The van der Waals surface area contributed by atoms with Crippen LogP contribution in [0.25, 0.3) is 0 Å². The van der Waals surface area contributed by atoms with Gasteiger partial charge in [-0.1, -0.05) is 12.1 Å². The minimum absolute atomic E-state index is 0.0586. The van der Waals surface area contributed by atoms with Gasteiger partial charge in [0, 0.05) is 30.5 Å². The van der Waals surface area contributed by atoms with Crippen molar-refractivity contribution in [2.45, 2.75) is 43.2 Å². The third-order valence-corrected chi connectivity index (χ3v) is 7.08. The summed E-state index contributed by atoms with van der Waals surface area (Å²) >= 11 is 0. The predicted molar refractivity (Wildman–Crippen MR) is 107 cm³/mol. The number of carbonyl (C=O) groups excluding carboxylic acids is 2. The maximum Gasteiger partial charge on any atom is 0.416 e. The zero-order chi connectivity index (χ0) is 22.7. The minimum Gasteiger partial charge on any atom is -0.492 e. The molecular formula is C24H21F4NO3. The Morgan fingerprint density at radius 2 is 1.84 bits per heavy atom. The van der Waals surface area contributed by atoms with Crippen molar-refractivity contribution >= 4 is 11.7 Å². The molecule has 0 aromatic heterocycles. The SMILES string of the molecule is O=C(CC1Cc2ccc(F)cc21)C(=O)N1CCC2(CC1)COc1cc(C(F)(F)F)ccc12. The van der Waals surface area contributed by atoms with Crippen LogP contribution in [0.4, 0.5) is 17.6 Å². The first kappa shape index (κ1) is 21.0. The lowest BCUT2D eigenvalue weighted by molar-refractivity contribution is -0.146. The van der Waals surface area contributed by atoms with Gasteiger partial charge in [-0.25, -0.2) is 4.39 Å². The zero-order valence-corrected chi connectivity index (χ0v) is 17.2. The van der Waals surface area contributed by atoms with E-state index in [9.17, 15) is 27.2 Å². The highest BCUT2D eigenvalue weighted by molar-refractivity contribution is 6.36. The Bertz CT molecular complexity index is 1100. The fraction of sp³-hybridized carbons (Fsp3) is 0.417. The predicted octanol–water partition coefficient (Wildman–Crippen LogP) is 4.40. The van der Waals surface area contributed by atoms with Gasteiger partial charge >= 0.3 is 6.18 Å². The topological polar surface area (TPSA) is 46.6 Å². The van der Waals surface area contributed by atoms with Gasteiger partial charge in [0.25, 0.3) is 5.91 Å². The van der Waals surface area contributed by atoms with Crippen LogP contribution in [0.15, 0.2) is 36.4 Å². The van der Waals surface area contributed by atoms with E-state index in [2.05, 4.69) is 0 Å². The maximum absolute atomic E-state index is 13.4. The standard InChI is InChI=1S/C24H21F4NO3/c25-17-3-1-14-9-15(18(14)12-17)10-20(30)22(31)29-7-5-23(6-8-29)13-32-21-11-16(24(26,27)28)2-4-19(21)23/h1-4,11-12,15H,5-10,13H2. The van der Waals surface area contributed by atoms with Gasteiger partial charge in [0.15, 0.2) is 0 Å². The summed E-state index contributed by atoms with van der Waals surface area (Å²) in [5.74, 6) is -1.28. The lowest BCUT2D eigenvalue weighted by Gasteiger charge is -2.38. The van der Waals surface area contributed by atoms with Gasteiger partial charge in [0.1, 0.15) is 11.6 Å². The van der Waals surface area contributed by atoms with Crippen molar-refractivity contribution in [3.8, 4) is 5.75 Å². The number of ether oxygens (including phenoxy) is 1. The highest BCUT2D eigenvalue weighted by Crippen LogP contribution is 2.47. The number of hydrogen-bond acceptors (Lipinski definition) is 3. The molecule has 1 aliphatic carbocycles. The fourth-order valence-electron chi connectivity index (χ4n) is 5.15. The first-order chi connectivity index (χ1) is 15.2. The number of carbonyl (C=O) groups is 2. The molecule has 1 atom stereocenters. The summed E-state index contributed by atoms with van der Waals surface area (Å²) in [5.41, 5.74) is 1.34. The van der Waals surface area contributed by atoms with Crippen molar-refractivity contribution in [3.63, 3.8) is 0 Å². The Balaban J connectivity index is 1.22. The molecule has 0 bridgehead atoms. The molecule has 1 saturated heterocycles. The van der Waals surface area contributed by atoms with Crippen LogP contribution in [-0.2, 0) is 27.6 Å². The second kappa shape index (κ2) is 7.32. The van der Waals surface area contributed by atoms with Crippen LogP contribution < -0.4 is 4.74 Å². The molecule has 2 aromatic carbocycles. The highest BCUT2D eigenvalue weighted by Gasteiger charge is 2.45. The molecule has 168 valence electrons. The van der Waals surface area contributed by atoms with Crippen molar-refractivity contribution in [1.82, 2.24) is 4.90 Å². The number of hydrogen-bond donors (Lipinski definition) is 0. The minimum atomic E-state index is -4.43. The number of benzene rings is 2. The number of halogens is 4. The largest absolute Gasteiger partial charge is 0.492 e. The molecule has 0 N–H and O–H groups in total. The molecule has 5 rings (SSSR count). The average Bonchev–Trinajstić information content (AvgIpc) is 3.10. The van der Waals surface area contributed by atoms with E-state index in [0.29, 0.717) is 32.4 Å². The molecule has 1 fully saturated rings. The van der Waals surface area contributed by atoms with Crippen molar-refractivity contribution in [1.29, 1.82) is 0 Å². The van der Waals surface area contributed by atoms with Crippen molar-refractivity contribution in [3.05, 3.63) is 64.5 Å². The molecular weight excluding hydrogens is 426 g/mol. The monoisotopic (exact) mass is 447 g/mol. The molecule has 1 unspecified atom stereocenters. The molecule has 2 aliphatic heterocycles. The van der Waals surface area contributed by atoms with Crippen LogP contribution in [0.2, 0.25) is 0 Å². The lowest BCUT2D eigenvalue weighted by Crippen LogP contribution is -2.48. The van der Waals surface area contributed by atoms with Gasteiger partial charge in [-0.3, -0.25) is 9.59 Å². The van der Waals surface area contributed by atoms with Crippen LogP contribution in [0, 0.1) is 5.82 Å². The summed E-state index contributed by atoms with van der Waals surface area (Å²) < 4.78 is 58.0. The Kier molecular flexibility index (Phi) is 4.80. The molecule has 1 spiro atoms. The summed E-state index contributed by atoms with van der Waals surface area (Å²) in [7, 11) is 0. The zero-order valence-electron chi connectivity index (χ0n) is 17.2. The Hall–Kier alpha value is -2.90. The van der Waals surface area contributed by atoms with E-state index < -0.39 is 28.8 Å². The van der Waals surface area contributed by atoms with E-state index in [-0.39, 0.29) is 30.5 Å².